The molecular weight excluding hydrogens is 701 g/mol. The molecule has 13 nitrogen and oxygen atoms in total. The molecule has 4 aromatic heterocycles. The van der Waals surface area contributed by atoms with Crippen molar-refractivity contribution < 1.29 is 27.6 Å². The second-order valence-corrected chi connectivity index (χ2v) is 14.5. The van der Waals surface area contributed by atoms with Crippen molar-refractivity contribution in [2.45, 2.75) is 63.2 Å². The van der Waals surface area contributed by atoms with Crippen molar-refractivity contribution >= 4 is 51.6 Å². The number of carbonyl (C=O) groups excluding carboxylic acids is 3. The predicted molar refractivity (Wildman–Crippen MR) is 196 cm³/mol. The van der Waals surface area contributed by atoms with Gasteiger partial charge in [0.05, 0.1) is 23.4 Å². The summed E-state index contributed by atoms with van der Waals surface area (Å²) in [4.78, 5) is 51.4. The third kappa shape index (κ3) is 7.21. The van der Waals surface area contributed by atoms with E-state index in [0.717, 1.165) is 86.5 Å². The fraction of sp³-hybridized carbons (Fsp3) is 0.421. The first-order valence-electron chi connectivity index (χ1n) is 18.4. The molecule has 282 valence electrons. The Morgan fingerprint density at radius 3 is 2.56 bits per heavy atom. The van der Waals surface area contributed by atoms with Gasteiger partial charge in [-0.3, -0.25) is 28.9 Å². The van der Waals surface area contributed by atoms with Gasteiger partial charge in [0.25, 0.3) is 5.91 Å². The summed E-state index contributed by atoms with van der Waals surface area (Å²) in [6, 6.07) is 12.9. The SMILES string of the molecule is CN(CC1CCC(n2cc3cc(NC(=O)c4cccc(C(F)(F)F)n4)ccc3n2)CC1)C1CCN(c2cccn3c(N4CCC(=O)NC4=O)cnc23)CC1. The Kier molecular flexibility index (Phi) is 9.46. The van der Waals surface area contributed by atoms with Crippen LogP contribution in [0.25, 0.3) is 16.6 Å². The molecule has 54 heavy (non-hydrogen) atoms. The van der Waals surface area contributed by atoms with Crippen LogP contribution in [0.5, 0.6) is 0 Å². The van der Waals surface area contributed by atoms with Crippen LogP contribution in [0.4, 0.5) is 35.2 Å². The Morgan fingerprint density at radius 1 is 1.00 bits per heavy atom. The van der Waals surface area contributed by atoms with Gasteiger partial charge in [-0.25, -0.2) is 14.8 Å². The molecule has 1 saturated carbocycles. The maximum atomic E-state index is 13.1. The van der Waals surface area contributed by atoms with Gasteiger partial charge < -0.3 is 15.1 Å². The summed E-state index contributed by atoms with van der Waals surface area (Å²) >= 11 is 0. The number of piperidine rings is 1. The van der Waals surface area contributed by atoms with Gasteiger partial charge in [-0.2, -0.15) is 18.3 Å². The molecule has 2 saturated heterocycles. The van der Waals surface area contributed by atoms with Crippen molar-refractivity contribution in [3.05, 3.63) is 78.5 Å². The summed E-state index contributed by atoms with van der Waals surface area (Å²) in [5.41, 5.74) is 1.66. The zero-order chi connectivity index (χ0) is 37.6. The molecule has 0 atom stereocenters. The molecule has 5 aromatic rings. The molecule has 1 aliphatic carbocycles. The second-order valence-electron chi connectivity index (χ2n) is 14.5. The number of aromatic nitrogens is 5. The summed E-state index contributed by atoms with van der Waals surface area (Å²) in [5, 5.41) is 10.7. The minimum absolute atomic E-state index is 0.256. The van der Waals surface area contributed by atoms with Gasteiger partial charge in [0, 0.05) is 62.1 Å². The zero-order valence-corrected chi connectivity index (χ0v) is 29.8. The van der Waals surface area contributed by atoms with Crippen LogP contribution in [0.15, 0.2) is 67.1 Å². The highest BCUT2D eigenvalue weighted by Crippen LogP contribution is 2.35. The van der Waals surface area contributed by atoms with Crippen LogP contribution in [0.2, 0.25) is 0 Å². The van der Waals surface area contributed by atoms with Crippen LogP contribution in [-0.2, 0) is 11.0 Å². The smallest absolute Gasteiger partial charge is 0.368 e. The van der Waals surface area contributed by atoms with Crippen molar-refractivity contribution in [3.63, 3.8) is 0 Å². The molecule has 1 aromatic carbocycles. The fourth-order valence-corrected chi connectivity index (χ4v) is 8.13. The van der Waals surface area contributed by atoms with Crippen LogP contribution in [0.1, 0.15) is 67.2 Å². The molecule has 16 heteroatoms. The Bertz CT molecular complexity index is 2200. The van der Waals surface area contributed by atoms with E-state index in [1.807, 2.05) is 27.5 Å². The largest absolute Gasteiger partial charge is 0.433 e. The van der Waals surface area contributed by atoms with Crippen molar-refractivity contribution in [3.8, 4) is 0 Å². The van der Waals surface area contributed by atoms with Crippen LogP contribution in [0.3, 0.4) is 0 Å². The molecule has 2 aliphatic heterocycles. The van der Waals surface area contributed by atoms with Gasteiger partial charge >= 0.3 is 12.2 Å². The molecule has 0 unspecified atom stereocenters. The monoisotopic (exact) mass is 742 g/mol. The lowest BCUT2D eigenvalue weighted by Gasteiger charge is -2.40. The molecule has 8 rings (SSSR count). The third-order valence-corrected chi connectivity index (χ3v) is 11.0. The fourth-order valence-electron chi connectivity index (χ4n) is 8.13. The molecule has 6 heterocycles. The van der Waals surface area contributed by atoms with Crippen molar-refractivity contribution in [2.75, 3.05) is 48.3 Å². The number of nitrogens with zero attached hydrogens (tertiary/aromatic N) is 8. The Morgan fingerprint density at radius 2 is 1.80 bits per heavy atom. The highest BCUT2D eigenvalue weighted by Gasteiger charge is 2.33. The van der Waals surface area contributed by atoms with Crippen LogP contribution in [0, 0.1) is 5.92 Å². The predicted octanol–water partition coefficient (Wildman–Crippen LogP) is 6.13. The number of hydrogen-bond acceptors (Lipinski definition) is 8. The Balaban J connectivity index is 0.827. The van der Waals surface area contributed by atoms with Gasteiger partial charge in [0.1, 0.15) is 17.2 Å². The van der Waals surface area contributed by atoms with Gasteiger partial charge in [0.2, 0.25) is 5.91 Å². The van der Waals surface area contributed by atoms with Crippen molar-refractivity contribution in [1.29, 1.82) is 0 Å². The summed E-state index contributed by atoms with van der Waals surface area (Å²) in [7, 11) is 2.24. The van der Waals surface area contributed by atoms with Gasteiger partial charge in [-0.15, -0.1) is 0 Å². The minimum atomic E-state index is -4.63. The number of hydrogen-bond donors (Lipinski definition) is 2. The lowest BCUT2D eigenvalue weighted by atomic mass is 9.85. The van der Waals surface area contributed by atoms with E-state index in [-0.39, 0.29) is 24.1 Å². The van der Waals surface area contributed by atoms with Crippen molar-refractivity contribution in [1.82, 2.24) is 34.4 Å². The first-order chi connectivity index (χ1) is 26.0. The van der Waals surface area contributed by atoms with Gasteiger partial charge in [-0.1, -0.05) is 6.07 Å². The lowest BCUT2D eigenvalue weighted by molar-refractivity contribution is -0.141. The number of fused-ring (bicyclic) bond motifs is 2. The summed E-state index contributed by atoms with van der Waals surface area (Å²) in [5.74, 6) is 0.267. The van der Waals surface area contributed by atoms with E-state index in [9.17, 15) is 27.6 Å². The number of nitrogens with one attached hydrogen (secondary N) is 2. The highest BCUT2D eigenvalue weighted by atomic mass is 19.4. The van der Waals surface area contributed by atoms with Gasteiger partial charge in [0.15, 0.2) is 5.65 Å². The van der Waals surface area contributed by atoms with Crippen molar-refractivity contribution in [2.24, 2.45) is 5.92 Å². The number of amides is 4. The number of pyridine rings is 2. The molecule has 0 radical (unpaired) electrons. The lowest BCUT2D eigenvalue weighted by Crippen LogP contribution is -2.50. The topological polar surface area (TPSA) is 133 Å². The number of halogens is 3. The standard InChI is InChI=1S/C38H41F3N10O3/c1-47(27-13-17-48(18-14-27)31-5-3-16-49-34(21-42-35(31)49)50-19-15-33(52)45-37(50)54)22-24-7-10-28(11-8-24)51-23-25-20-26(9-12-29(25)46-51)43-36(53)30-4-2-6-32(44-30)38(39,40)41/h2-6,9,12,16,20-21,23-24,27-28H,7-8,10-11,13-15,17-19,22H2,1H3,(H,43,53)(H,45,52,54). The summed E-state index contributed by atoms with van der Waals surface area (Å²) in [6.45, 7) is 3.18. The number of anilines is 3. The maximum Gasteiger partial charge on any atom is 0.433 e. The first-order valence-corrected chi connectivity index (χ1v) is 18.4. The number of imide groups is 1. The number of carbonyl (C=O) groups is 3. The number of benzene rings is 1. The highest BCUT2D eigenvalue weighted by molar-refractivity contribution is 6.05. The zero-order valence-electron chi connectivity index (χ0n) is 29.8. The van der Waals surface area contributed by atoms with Crippen LogP contribution >= 0.6 is 0 Å². The van der Waals surface area contributed by atoms with E-state index >= 15 is 0 Å². The molecule has 2 N–H and O–H groups in total. The Labute approximate surface area is 309 Å². The van der Waals surface area contributed by atoms with E-state index in [1.54, 1.807) is 29.3 Å². The van der Waals surface area contributed by atoms with E-state index < -0.39 is 23.8 Å². The molecule has 0 spiro atoms. The average molecular weight is 743 g/mol. The second kappa shape index (κ2) is 14.4. The van der Waals surface area contributed by atoms with Crippen LogP contribution < -0.4 is 20.4 Å². The number of rotatable bonds is 8. The Hall–Kier alpha value is -5.51. The molecule has 3 fully saturated rings. The number of urea groups is 1. The summed E-state index contributed by atoms with van der Waals surface area (Å²) < 4.78 is 43.2. The van der Waals surface area contributed by atoms with Gasteiger partial charge in [-0.05, 0) is 94.0 Å². The first kappa shape index (κ1) is 35.5. The molecule has 0 bridgehead atoms. The molecule has 3 aliphatic rings. The number of imidazole rings is 1. The van der Waals surface area contributed by atoms with E-state index in [4.69, 9.17) is 5.10 Å². The van der Waals surface area contributed by atoms with E-state index in [1.165, 1.54) is 12.1 Å². The van der Waals surface area contributed by atoms with Crippen LogP contribution in [-0.4, -0.2) is 86.2 Å². The quantitative estimate of drug-likeness (QED) is 0.194. The number of alkyl halides is 3. The molecular formula is C38H41F3N10O3. The third-order valence-electron chi connectivity index (χ3n) is 11.0. The van der Waals surface area contributed by atoms with E-state index in [2.05, 4.69) is 43.5 Å². The summed E-state index contributed by atoms with van der Waals surface area (Å²) in [6.07, 6.45) is 7.51. The molecule has 4 amide bonds. The normalized spacial score (nSPS) is 20.2. The average Bonchev–Trinajstić information content (AvgIpc) is 3.79. The maximum absolute atomic E-state index is 13.1. The van der Waals surface area contributed by atoms with E-state index in [0.29, 0.717) is 30.0 Å². The minimum Gasteiger partial charge on any atom is -0.368 e.